The summed E-state index contributed by atoms with van der Waals surface area (Å²) in [6, 6.07) is 3.91. The molecule has 2 aromatic rings. The fourth-order valence-electron chi connectivity index (χ4n) is 1.56. The zero-order chi connectivity index (χ0) is 11.5. The van der Waals surface area contributed by atoms with E-state index >= 15 is 0 Å². The SMILES string of the molecule is CNc1ccnc(-c2ncc(C)cc2C)n1. The summed E-state index contributed by atoms with van der Waals surface area (Å²) in [5.74, 6) is 1.45. The molecule has 0 aromatic carbocycles. The average molecular weight is 214 g/mol. The Morgan fingerprint density at radius 2 is 2.00 bits per heavy atom. The fraction of sp³-hybridized carbons (Fsp3) is 0.250. The van der Waals surface area contributed by atoms with Crippen LogP contribution in [0, 0.1) is 13.8 Å². The molecule has 0 unspecified atom stereocenters. The maximum atomic E-state index is 4.37. The van der Waals surface area contributed by atoms with E-state index < -0.39 is 0 Å². The molecule has 0 saturated heterocycles. The van der Waals surface area contributed by atoms with Crippen molar-refractivity contribution in [2.45, 2.75) is 13.8 Å². The topological polar surface area (TPSA) is 50.7 Å². The maximum Gasteiger partial charge on any atom is 0.180 e. The summed E-state index contributed by atoms with van der Waals surface area (Å²) in [6.45, 7) is 4.04. The molecule has 0 amide bonds. The molecule has 2 rings (SSSR count). The lowest BCUT2D eigenvalue weighted by molar-refractivity contribution is 1.11. The van der Waals surface area contributed by atoms with Gasteiger partial charge in [0, 0.05) is 19.4 Å². The van der Waals surface area contributed by atoms with Gasteiger partial charge in [-0.25, -0.2) is 9.97 Å². The van der Waals surface area contributed by atoms with Crippen molar-refractivity contribution in [2.75, 3.05) is 12.4 Å². The Morgan fingerprint density at radius 3 is 2.69 bits per heavy atom. The molecule has 0 atom stereocenters. The van der Waals surface area contributed by atoms with Crippen molar-refractivity contribution >= 4 is 5.82 Å². The molecule has 0 fully saturated rings. The van der Waals surface area contributed by atoms with E-state index in [0.29, 0.717) is 5.82 Å². The summed E-state index contributed by atoms with van der Waals surface area (Å²) < 4.78 is 0. The molecular weight excluding hydrogens is 200 g/mol. The van der Waals surface area contributed by atoms with Gasteiger partial charge < -0.3 is 5.32 Å². The highest BCUT2D eigenvalue weighted by Gasteiger charge is 2.07. The summed E-state index contributed by atoms with van der Waals surface area (Å²) in [5, 5.41) is 2.99. The van der Waals surface area contributed by atoms with Crippen LogP contribution in [-0.4, -0.2) is 22.0 Å². The lowest BCUT2D eigenvalue weighted by atomic mass is 10.1. The van der Waals surface area contributed by atoms with Crippen LogP contribution in [0.15, 0.2) is 24.5 Å². The first-order valence-corrected chi connectivity index (χ1v) is 5.15. The molecule has 0 aliphatic rings. The zero-order valence-electron chi connectivity index (χ0n) is 9.65. The van der Waals surface area contributed by atoms with Gasteiger partial charge in [0.05, 0.1) is 0 Å². The molecular formula is C12H14N4. The Bertz CT molecular complexity index is 508. The van der Waals surface area contributed by atoms with Crippen LogP contribution < -0.4 is 5.32 Å². The lowest BCUT2D eigenvalue weighted by Gasteiger charge is -2.05. The first-order chi connectivity index (χ1) is 7.70. The van der Waals surface area contributed by atoms with Crippen LogP contribution in [0.25, 0.3) is 11.5 Å². The van der Waals surface area contributed by atoms with E-state index in [1.807, 2.05) is 33.2 Å². The quantitative estimate of drug-likeness (QED) is 0.832. The number of rotatable bonds is 2. The van der Waals surface area contributed by atoms with Crippen molar-refractivity contribution in [3.05, 3.63) is 35.7 Å². The van der Waals surface area contributed by atoms with E-state index in [9.17, 15) is 0 Å². The summed E-state index contributed by atoms with van der Waals surface area (Å²) in [7, 11) is 1.83. The van der Waals surface area contributed by atoms with Crippen LogP contribution in [0.2, 0.25) is 0 Å². The Kier molecular flexibility index (Phi) is 2.81. The van der Waals surface area contributed by atoms with Gasteiger partial charge in [-0.15, -0.1) is 0 Å². The molecule has 16 heavy (non-hydrogen) atoms. The molecule has 4 heteroatoms. The van der Waals surface area contributed by atoms with Gasteiger partial charge in [-0.1, -0.05) is 6.07 Å². The van der Waals surface area contributed by atoms with E-state index in [1.54, 1.807) is 6.20 Å². The number of hydrogen-bond acceptors (Lipinski definition) is 4. The van der Waals surface area contributed by atoms with Crippen LogP contribution in [-0.2, 0) is 0 Å². The second kappa shape index (κ2) is 4.26. The standard InChI is InChI=1S/C12H14N4/c1-8-6-9(2)11(15-7-8)12-14-5-4-10(13-3)16-12/h4-7H,1-3H3,(H,13,14,16). The molecule has 2 heterocycles. The highest BCUT2D eigenvalue weighted by atomic mass is 15.0. The third kappa shape index (κ3) is 2.00. The lowest BCUT2D eigenvalue weighted by Crippen LogP contribution is -1.98. The van der Waals surface area contributed by atoms with Gasteiger partial charge in [-0.2, -0.15) is 0 Å². The minimum absolute atomic E-state index is 0.657. The fourth-order valence-corrected chi connectivity index (χ4v) is 1.56. The first kappa shape index (κ1) is 10.5. The third-order valence-corrected chi connectivity index (χ3v) is 2.34. The van der Waals surface area contributed by atoms with E-state index in [1.165, 1.54) is 0 Å². The van der Waals surface area contributed by atoms with Gasteiger partial charge in [0.15, 0.2) is 5.82 Å². The number of aromatic nitrogens is 3. The van der Waals surface area contributed by atoms with Gasteiger partial charge in [-0.3, -0.25) is 4.98 Å². The molecule has 2 aromatic heterocycles. The summed E-state index contributed by atoms with van der Waals surface area (Å²) in [4.78, 5) is 13.0. The Balaban J connectivity index is 2.49. The molecule has 0 aliphatic heterocycles. The zero-order valence-corrected chi connectivity index (χ0v) is 9.65. The number of nitrogens with zero attached hydrogens (tertiary/aromatic N) is 3. The normalized spacial score (nSPS) is 10.2. The molecule has 0 spiro atoms. The van der Waals surface area contributed by atoms with Crippen molar-refractivity contribution < 1.29 is 0 Å². The number of nitrogens with one attached hydrogen (secondary N) is 1. The van der Waals surface area contributed by atoms with E-state index in [4.69, 9.17) is 0 Å². The predicted octanol–water partition coefficient (Wildman–Crippen LogP) is 2.20. The Morgan fingerprint density at radius 1 is 1.19 bits per heavy atom. The Labute approximate surface area is 94.8 Å². The summed E-state index contributed by atoms with van der Waals surface area (Å²) in [6.07, 6.45) is 3.56. The minimum Gasteiger partial charge on any atom is -0.373 e. The monoisotopic (exact) mass is 214 g/mol. The van der Waals surface area contributed by atoms with Crippen molar-refractivity contribution in [1.29, 1.82) is 0 Å². The predicted molar refractivity (Wildman–Crippen MR) is 64.3 cm³/mol. The molecule has 1 N–H and O–H groups in total. The highest BCUT2D eigenvalue weighted by Crippen LogP contribution is 2.18. The molecule has 0 aliphatic carbocycles. The molecule has 82 valence electrons. The van der Waals surface area contributed by atoms with Crippen molar-refractivity contribution in [1.82, 2.24) is 15.0 Å². The van der Waals surface area contributed by atoms with Crippen LogP contribution in [0.3, 0.4) is 0 Å². The van der Waals surface area contributed by atoms with Crippen LogP contribution in [0.1, 0.15) is 11.1 Å². The molecule has 0 radical (unpaired) electrons. The van der Waals surface area contributed by atoms with Crippen molar-refractivity contribution in [3.8, 4) is 11.5 Å². The van der Waals surface area contributed by atoms with Crippen LogP contribution in [0.5, 0.6) is 0 Å². The number of anilines is 1. The highest BCUT2D eigenvalue weighted by molar-refractivity contribution is 5.56. The van der Waals surface area contributed by atoms with Gasteiger partial charge in [0.1, 0.15) is 11.5 Å². The smallest absolute Gasteiger partial charge is 0.180 e. The second-order valence-corrected chi connectivity index (χ2v) is 3.69. The molecule has 0 bridgehead atoms. The largest absolute Gasteiger partial charge is 0.373 e. The first-order valence-electron chi connectivity index (χ1n) is 5.15. The average Bonchev–Trinajstić information content (AvgIpc) is 2.29. The van der Waals surface area contributed by atoms with Crippen molar-refractivity contribution in [3.63, 3.8) is 0 Å². The third-order valence-electron chi connectivity index (χ3n) is 2.34. The summed E-state index contributed by atoms with van der Waals surface area (Å²) in [5.41, 5.74) is 3.07. The van der Waals surface area contributed by atoms with Gasteiger partial charge in [0.2, 0.25) is 0 Å². The molecule has 0 saturated carbocycles. The van der Waals surface area contributed by atoms with E-state index in [0.717, 1.165) is 22.6 Å². The number of aryl methyl sites for hydroxylation is 2. The van der Waals surface area contributed by atoms with E-state index in [2.05, 4.69) is 26.3 Å². The summed E-state index contributed by atoms with van der Waals surface area (Å²) >= 11 is 0. The van der Waals surface area contributed by atoms with Crippen molar-refractivity contribution in [2.24, 2.45) is 0 Å². The minimum atomic E-state index is 0.657. The second-order valence-electron chi connectivity index (χ2n) is 3.69. The van der Waals surface area contributed by atoms with Crippen LogP contribution in [0.4, 0.5) is 5.82 Å². The number of pyridine rings is 1. The van der Waals surface area contributed by atoms with Gasteiger partial charge in [0.25, 0.3) is 0 Å². The molecule has 4 nitrogen and oxygen atoms in total. The number of hydrogen-bond donors (Lipinski definition) is 1. The van der Waals surface area contributed by atoms with E-state index in [-0.39, 0.29) is 0 Å². The van der Waals surface area contributed by atoms with Gasteiger partial charge in [-0.05, 0) is 31.0 Å². The Hall–Kier alpha value is -1.97. The maximum absolute atomic E-state index is 4.37. The van der Waals surface area contributed by atoms with Crippen LogP contribution >= 0.6 is 0 Å². The van der Waals surface area contributed by atoms with Gasteiger partial charge >= 0.3 is 0 Å².